The molecule has 0 saturated carbocycles. The molecule has 52 valence electrons. The molecule has 0 heterocycles. The van der Waals surface area contributed by atoms with Crippen LogP contribution < -0.4 is 0 Å². The minimum absolute atomic E-state index is 0. The predicted octanol–water partition coefficient (Wildman–Crippen LogP) is -2.23. The molecule has 0 aliphatic rings. The molecule has 0 aliphatic heterocycles. The summed E-state index contributed by atoms with van der Waals surface area (Å²) in [6.07, 6.45) is 0. The Bertz CT molecular complexity index is 62.7. The van der Waals surface area contributed by atoms with Gasteiger partial charge >= 0.3 is 45.5 Å². The first-order valence-electron chi connectivity index (χ1n) is 0.783. The molecule has 0 rings (SSSR count). The van der Waals surface area contributed by atoms with Gasteiger partial charge in [-0.3, -0.25) is 0 Å². The van der Waals surface area contributed by atoms with Gasteiger partial charge in [0, 0.05) is 34.1 Å². The monoisotopic (exact) mass is 226 g/mol. The van der Waals surface area contributed by atoms with Gasteiger partial charge in [0.05, 0.1) is 0 Å². The molecule has 0 bridgehead atoms. The summed E-state index contributed by atoms with van der Waals surface area (Å²) in [7, 11) is -4.64. The molecule has 0 amide bonds. The second-order valence-corrected chi connectivity index (χ2v) is 1.54. The fourth-order valence-electron chi connectivity index (χ4n) is 0. The van der Waals surface area contributed by atoms with Crippen molar-refractivity contribution < 1.29 is 53.4 Å². The molecule has 4 nitrogen and oxygen atoms in total. The van der Waals surface area contributed by atoms with Crippen molar-refractivity contribution in [2.24, 2.45) is 0 Å². The zero-order chi connectivity index (χ0) is 4.50. The maximum absolute atomic E-state index is 8.88. The standard InChI is InChI=1S/2Fe.2Li.H3O4P.2H/c;;;;1-5(2,3)4;;/h;;;;(H3,1,2,3,4);;. The Labute approximate surface area is 98.1 Å². The summed E-state index contributed by atoms with van der Waals surface area (Å²) in [6.45, 7) is 0. The molecule has 9 heavy (non-hydrogen) atoms. The van der Waals surface area contributed by atoms with E-state index in [1.807, 2.05) is 0 Å². The van der Waals surface area contributed by atoms with Gasteiger partial charge in [0.1, 0.15) is 0 Å². The van der Waals surface area contributed by atoms with Crippen molar-refractivity contribution in [1.82, 2.24) is 0 Å². The Balaban J connectivity index is -0.0000000133. The molecule has 3 N–H and O–H groups in total. The van der Waals surface area contributed by atoms with Crippen LogP contribution in [0.1, 0.15) is 0 Å². The van der Waals surface area contributed by atoms with Crippen LogP contribution in [0.15, 0.2) is 0 Å². The molecule has 0 unspecified atom stereocenters. The third-order valence-corrected chi connectivity index (χ3v) is 0. The van der Waals surface area contributed by atoms with Crippen molar-refractivity contribution in [3.63, 3.8) is 0 Å². The molecule has 9 heteroatoms. The summed E-state index contributed by atoms with van der Waals surface area (Å²) in [5, 5.41) is 0. The van der Waals surface area contributed by atoms with Gasteiger partial charge in [-0.1, -0.05) is 0 Å². The van der Waals surface area contributed by atoms with E-state index in [1.165, 1.54) is 0 Å². The van der Waals surface area contributed by atoms with Gasteiger partial charge in [0.2, 0.25) is 0 Å². The first-order chi connectivity index (χ1) is 2.00. The van der Waals surface area contributed by atoms with Crippen LogP contribution in [0.3, 0.4) is 0 Å². The molecule has 0 saturated heterocycles. The molecule has 0 aromatic rings. The molecule has 0 atom stereocenters. The van der Waals surface area contributed by atoms with Crippen molar-refractivity contribution in [2.45, 2.75) is 0 Å². The van der Waals surface area contributed by atoms with Crippen molar-refractivity contribution >= 4 is 45.5 Å². The van der Waals surface area contributed by atoms with E-state index in [0.29, 0.717) is 0 Å². The van der Waals surface area contributed by atoms with Crippen LogP contribution in [0.2, 0.25) is 0 Å². The molecule has 0 aromatic heterocycles. The van der Waals surface area contributed by atoms with E-state index in [1.54, 1.807) is 0 Å². The van der Waals surface area contributed by atoms with Crippen LogP contribution in [0.4, 0.5) is 0 Å². The zero-order valence-corrected chi connectivity index (χ0v) is 6.01. The van der Waals surface area contributed by atoms with Gasteiger partial charge in [-0.2, -0.15) is 0 Å². The zero-order valence-electron chi connectivity index (χ0n) is 2.90. The first kappa shape index (κ1) is 30.2. The summed E-state index contributed by atoms with van der Waals surface area (Å²) in [4.78, 5) is 21.6. The average Bonchev–Trinajstić information content (AvgIpc) is 0.722. The van der Waals surface area contributed by atoms with Crippen LogP contribution in [-0.4, -0.2) is 52.4 Å². The maximum atomic E-state index is 8.88. The summed E-state index contributed by atoms with van der Waals surface area (Å²) in [6, 6.07) is 0. The third kappa shape index (κ3) is 131. The Morgan fingerprint density at radius 2 is 0.889 bits per heavy atom. The SMILES string of the molecule is O=P(O)(O)O.[Fe].[Fe].[LiH].[LiH]. The Kier molecular flexibility index (Phi) is 43.5. The summed E-state index contributed by atoms with van der Waals surface area (Å²) >= 11 is 0. The van der Waals surface area contributed by atoms with Crippen LogP contribution in [0, 0.1) is 0 Å². The normalized spacial score (nSPS) is 6.56. The summed E-state index contributed by atoms with van der Waals surface area (Å²) in [5.74, 6) is 0. The average molecular weight is 226 g/mol. The van der Waals surface area contributed by atoms with Crippen molar-refractivity contribution in [3.05, 3.63) is 0 Å². The van der Waals surface area contributed by atoms with Crippen LogP contribution >= 0.6 is 7.82 Å². The molecular formula is H5Fe2Li2O4P. The fourth-order valence-corrected chi connectivity index (χ4v) is 0. The van der Waals surface area contributed by atoms with Crippen LogP contribution in [0.5, 0.6) is 0 Å². The second-order valence-electron chi connectivity index (χ2n) is 0.513. The summed E-state index contributed by atoms with van der Waals surface area (Å²) in [5.41, 5.74) is 0. The van der Waals surface area contributed by atoms with Gasteiger partial charge < -0.3 is 14.7 Å². The van der Waals surface area contributed by atoms with Gasteiger partial charge in [-0.25, -0.2) is 4.57 Å². The number of rotatable bonds is 0. The minimum atomic E-state index is -4.64. The van der Waals surface area contributed by atoms with E-state index >= 15 is 0 Å². The summed E-state index contributed by atoms with van der Waals surface area (Å²) < 4.78 is 8.88. The first-order valence-corrected chi connectivity index (χ1v) is 2.35. The Hall–Kier alpha value is 2.34. The molecule has 0 fully saturated rings. The van der Waals surface area contributed by atoms with E-state index in [2.05, 4.69) is 0 Å². The van der Waals surface area contributed by atoms with Crippen molar-refractivity contribution in [1.29, 1.82) is 0 Å². The molecule has 0 aliphatic carbocycles. The fraction of sp³-hybridized carbons (Fsp3) is 0. The molecule has 0 aromatic carbocycles. The van der Waals surface area contributed by atoms with E-state index in [9.17, 15) is 0 Å². The second kappa shape index (κ2) is 13.0. The Morgan fingerprint density at radius 3 is 0.889 bits per heavy atom. The van der Waals surface area contributed by atoms with Crippen molar-refractivity contribution in [3.8, 4) is 0 Å². The van der Waals surface area contributed by atoms with E-state index in [4.69, 9.17) is 19.2 Å². The quantitative estimate of drug-likeness (QED) is 0.322. The van der Waals surface area contributed by atoms with Gasteiger partial charge in [-0.05, 0) is 0 Å². The van der Waals surface area contributed by atoms with Crippen LogP contribution in [0.25, 0.3) is 0 Å². The molecule has 0 radical (unpaired) electrons. The number of phosphoric acid groups is 1. The molecule has 0 spiro atoms. The molecular weight excluding hydrogens is 221 g/mol. The predicted molar refractivity (Wildman–Crippen MR) is 28.6 cm³/mol. The van der Waals surface area contributed by atoms with E-state index in [-0.39, 0.29) is 71.9 Å². The van der Waals surface area contributed by atoms with Crippen molar-refractivity contribution in [2.75, 3.05) is 0 Å². The third-order valence-electron chi connectivity index (χ3n) is 0. The van der Waals surface area contributed by atoms with E-state index in [0.717, 1.165) is 0 Å². The van der Waals surface area contributed by atoms with E-state index < -0.39 is 7.82 Å². The Morgan fingerprint density at radius 1 is 0.889 bits per heavy atom. The van der Waals surface area contributed by atoms with Gasteiger partial charge in [0.15, 0.2) is 0 Å². The topological polar surface area (TPSA) is 77.8 Å². The van der Waals surface area contributed by atoms with Gasteiger partial charge in [-0.15, -0.1) is 0 Å². The van der Waals surface area contributed by atoms with Gasteiger partial charge in [0.25, 0.3) is 0 Å². The number of hydrogen-bond acceptors (Lipinski definition) is 1. The number of hydrogen-bond donors (Lipinski definition) is 3. The van der Waals surface area contributed by atoms with Crippen LogP contribution in [-0.2, 0) is 38.7 Å².